The molecule has 0 bridgehead atoms. The summed E-state index contributed by atoms with van der Waals surface area (Å²) in [7, 11) is -4.63. The van der Waals surface area contributed by atoms with Crippen molar-refractivity contribution in [2.45, 2.75) is 18.0 Å². The Hall–Kier alpha value is -4.64. The maximum absolute atomic E-state index is 14.7. The minimum atomic E-state index is -4.63. The van der Waals surface area contributed by atoms with Crippen LogP contribution in [0.15, 0.2) is 101 Å². The Morgan fingerprint density at radius 1 is 1.11 bits per heavy atom. The molecule has 0 atom stereocenters. The van der Waals surface area contributed by atoms with E-state index in [1.807, 2.05) is 30.3 Å². The molecule has 0 fully saturated rings. The quantitative estimate of drug-likeness (QED) is 0.254. The Labute approximate surface area is 218 Å². The zero-order chi connectivity index (χ0) is 26.7. The molecule has 0 spiro atoms. The highest BCUT2D eigenvalue weighted by Crippen LogP contribution is 2.39. The summed E-state index contributed by atoms with van der Waals surface area (Å²) >= 11 is 0. The standard InChI is InChI=1S/C27H23FN4O5S/c1-2-13-32(38(34,35)26-21(28)10-6-11-22(26)33)27-25-23(36-18-19-8-4-3-5-9-19)15-20(16-24(25)37-30-27)17-31-14-7-12-29-31/h2-12,14-16,33H,1,13,17-18H2. The van der Waals surface area contributed by atoms with Crippen molar-refractivity contribution in [1.29, 1.82) is 0 Å². The third-order valence-electron chi connectivity index (χ3n) is 5.75. The normalized spacial score (nSPS) is 11.5. The molecular formula is C27H23FN4O5S. The molecule has 1 N–H and O–H groups in total. The maximum Gasteiger partial charge on any atom is 0.272 e. The number of anilines is 1. The van der Waals surface area contributed by atoms with Gasteiger partial charge in [-0.15, -0.1) is 6.58 Å². The topological polar surface area (TPSA) is 111 Å². The first-order valence-electron chi connectivity index (χ1n) is 11.6. The van der Waals surface area contributed by atoms with E-state index in [9.17, 15) is 17.9 Å². The number of hydrogen-bond donors (Lipinski definition) is 1. The van der Waals surface area contributed by atoms with Crippen LogP contribution in [0.4, 0.5) is 10.2 Å². The molecule has 0 unspecified atom stereocenters. The number of halogens is 1. The number of hydrogen-bond acceptors (Lipinski definition) is 7. The molecule has 38 heavy (non-hydrogen) atoms. The molecule has 2 aromatic heterocycles. The van der Waals surface area contributed by atoms with E-state index in [4.69, 9.17) is 9.26 Å². The number of ether oxygens (including phenoxy) is 1. The van der Waals surface area contributed by atoms with Gasteiger partial charge in [-0.25, -0.2) is 17.1 Å². The van der Waals surface area contributed by atoms with E-state index >= 15 is 0 Å². The van der Waals surface area contributed by atoms with Crippen molar-refractivity contribution >= 4 is 26.8 Å². The molecule has 9 nitrogen and oxygen atoms in total. The molecule has 0 radical (unpaired) electrons. The minimum absolute atomic E-state index is 0.128. The van der Waals surface area contributed by atoms with E-state index in [0.717, 1.165) is 27.6 Å². The molecular weight excluding hydrogens is 511 g/mol. The number of aromatic hydroxyl groups is 1. The summed E-state index contributed by atoms with van der Waals surface area (Å²) in [5.41, 5.74) is 1.93. The zero-order valence-electron chi connectivity index (χ0n) is 20.1. The number of nitrogens with zero attached hydrogens (tertiary/aromatic N) is 4. The van der Waals surface area contributed by atoms with Gasteiger partial charge >= 0.3 is 0 Å². The average molecular weight is 535 g/mol. The predicted octanol–water partition coefficient (Wildman–Crippen LogP) is 4.88. The number of sulfonamides is 1. The van der Waals surface area contributed by atoms with Crippen LogP contribution >= 0.6 is 0 Å². The molecule has 11 heteroatoms. The first kappa shape index (κ1) is 25.0. The van der Waals surface area contributed by atoms with Gasteiger partial charge in [-0.1, -0.05) is 47.6 Å². The molecule has 5 rings (SSSR count). The summed E-state index contributed by atoms with van der Waals surface area (Å²) < 4.78 is 56.2. The van der Waals surface area contributed by atoms with Gasteiger partial charge in [-0.3, -0.25) is 4.68 Å². The van der Waals surface area contributed by atoms with Gasteiger partial charge in [0.2, 0.25) is 0 Å². The zero-order valence-corrected chi connectivity index (χ0v) is 20.9. The van der Waals surface area contributed by atoms with E-state index in [1.165, 1.54) is 12.1 Å². The van der Waals surface area contributed by atoms with Gasteiger partial charge in [0.25, 0.3) is 10.0 Å². The fourth-order valence-electron chi connectivity index (χ4n) is 4.05. The van der Waals surface area contributed by atoms with Gasteiger partial charge in [0, 0.05) is 12.4 Å². The van der Waals surface area contributed by atoms with Gasteiger partial charge in [0.15, 0.2) is 16.3 Å². The Morgan fingerprint density at radius 3 is 2.63 bits per heavy atom. The van der Waals surface area contributed by atoms with Crippen LogP contribution in [-0.2, 0) is 23.2 Å². The van der Waals surface area contributed by atoms with Gasteiger partial charge < -0.3 is 14.4 Å². The second kappa shape index (κ2) is 10.4. The van der Waals surface area contributed by atoms with Crippen LogP contribution in [0, 0.1) is 5.82 Å². The SMILES string of the molecule is C=CCN(c1noc2cc(Cn3cccn3)cc(OCc3ccccc3)c12)S(=O)(=O)c1c(O)cccc1F. The highest BCUT2D eigenvalue weighted by Gasteiger charge is 2.34. The summed E-state index contributed by atoms with van der Waals surface area (Å²) in [6.07, 6.45) is 4.79. The van der Waals surface area contributed by atoms with Crippen molar-refractivity contribution in [2.75, 3.05) is 10.8 Å². The first-order valence-corrected chi connectivity index (χ1v) is 13.0. The fraction of sp³-hybridized carbons (Fsp3) is 0.111. The Morgan fingerprint density at radius 2 is 1.92 bits per heavy atom. The third-order valence-corrected chi connectivity index (χ3v) is 7.57. The van der Waals surface area contributed by atoms with Crippen LogP contribution in [0.3, 0.4) is 0 Å². The first-order chi connectivity index (χ1) is 18.4. The monoisotopic (exact) mass is 534 g/mol. The smallest absolute Gasteiger partial charge is 0.272 e. The highest BCUT2D eigenvalue weighted by atomic mass is 32.2. The van der Waals surface area contributed by atoms with Crippen molar-refractivity contribution < 1.29 is 27.2 Å². The van der Waals surface area contributed by atoms with Crippen molar-refractivity contribution in [3.8, 4) is 11.5 Å². The predicted molar refractivity (Wildman–Crippen MR) is 139 cm³/mol. The molecule has 2 heterocycles. The fourth-order valence-corrected chi connectivity index (χ4v) is 5.57. The number of rotatable bonds is 10. The van der Waals surface area contributed by atoms with E-state index in [2.05, 4.69) is 16.8 Å². The lowest BCUT2D eigenvalue weighted by Crippen LogP contribution is -2.32. The minimum Gasteiger partial charge on any atom is -0.506 e. The number of phenolic OH excluding ortho intramolecular Hbond substituents is 1. The molecule has 5 aromatic rings. The Bertz CT molecular complexity index is 1670. The summed E-state index contributed by atoms with van der Waals surface area (Å²) in [5.74, 6) is -1.65. The average Bonchev–Trinajstić information content (AvgIpc) is 3.56. The molecule has 0 aliphatic rings. The molecule has 0 aliphatic carbocycles. The van der Waals surface area contributed by atoms with Crippen LogP contribution in [0.2, 0.25) is 0 Å². The van der Waals surface area contributed by atoms with Gasteiger partial charge in [-0.05, 0) is 41.5 Å². The largest absolute Gasteiger partial charge is 0.506 e. The number of benzene rings is 3. The molecule has 194 valence electrons. The molecule has 0 saturated heterocycles. The lowest BCUT2D eigenvalue weighted by atomic mass is 10.1. The number of aromatic nitrogens is 3. The summed E-state index contributed by atoms with van der Waals surface area (Å²) in [5, 5.41) is 18.8. The Balaban J connectivity index is 1.64. The highest BCUT2D eigenvalue weighted by molar-refractivity contribution is 7.93. The summed E-state index contributed by atoms with van der Waals surface area (Å²) in [4.78, 5) is -0.875. The molecule has 0 saturated carbocycles. The summed E-state index contributed by atoms with van der Waals surface area (Å²) in [6, 6.07) is 18.0. The van der Waals surface area contributed by atoms with E-state index in [0.29, 0.717) is 12.3 Å². The van der Waals surface area contributed by atoms with Crippen molar-refractivity contribution in [3.05, 3.63) is 109 Å². The lowest BCUT2D eigenvalue weighted by Gasteiger charge is -2.22. The van der Waals surface area contributed by atoms with Crippen LogP contribution in [0.25, 0.3) is 11.0 Å². The number of fused-ring (bicyclic) bond motifs is 1. The van der Waals surface area contributed by atoms with E-state index in [1.54, 1.807) is 35.3 Å². The van der Waals surface area contributed by atoms with Crippen LogP contribution in [-0.4, -0.2) is 35.0 Å². The second-order valence-electron chi connectivity index (χ2n) is 8.36. The maximum atomic E-state index is 14.7. The Kier molecular flexibility index (Phi) is 6.84. The van der Waals surface area contributed by atoms with E-state index < -0.39 is 26.5 Å². The van der Waals surface area contributed by atoms with Gasteiger partial charge in [0.1, 0.15) is 29.3 Å². The second-order valence-corrected chi connectivity index (χ2v) is 10.2. The van der Waals surface area contributed by atoms with Crippen molar-refractivity contribution in [1.82, 2.24) is 14.9 Å². The van der Waals surface area contributed by atoms with Crippen LogP contribution in [0.1, 0.15) is 11.1 Å². The summed E-state index contributed by atoms with van der Waals surface area (Å²) in [6.45, 7) is 3.95. The van der Waals surface area contributed by atoms with Gasteiger partial charge in [0.05, 0.1) is 13.1 Å². The number of phenols is 1. The van der Waals surface area contributed by atoms with Crippen molar-refractivity contribution in [3.63, 3.8) is 0 Å². The third kappa shape index (κ3) is 4.83. The molecule has 3 aromatic carbocycles. The molecule has 0 amide bonds. The van der Waals surface area contributed by atoms with Gasteiger partial charge in [-0.2, -0.15) is 5.10 Å². The van der Waals surface area contributed by atoms with Crippen LogP contribution in [0.5, 0.6) is 11.5 Å². The van der Waals surface area contributed by atoms with Crippen molar-refractivity contribution in [2.24, 2.45) is 0 Å². The molecule has 0 aliphatic heterocycles. The van der Waals surface area contributed by atoms with E-state index in [-0.39, 0.29) is 29.9 Å². The lowest BCUT2D eigenvalue weighted by molar-refractivity contribution is 0.309. The van der Waals surface area contributed by atoms with Crippen LogP contribution < -0.4 is 9.04 Å².